The molecule has 0 aliphatic carbocycles. The summed E-state index contributed by atoms with van der Waals surface area (Å²) in [5.41, 5.74) is 2.73. The number of anilines is 1. The molecule has 1 aliphatic rings. The summed E-state index contributed by atoms with van der Waals surface area (Å²) in [6, 6.07) is 15.7. The highest BCUT2D eigenvalue weighted by atomic mass is 16.5. The topological polar surface area (TPSA) is 72.9 Å². The Hall–Kier alpha value is -3.67. The van der Waals surface area contributed by atoms with Crippen molar-refractivity contribution in [2.45, 2.75) is 13.8 Å². The Morgan fingerprint density at radius 3 is 2.24 bits per heavy atom. The molecule has 0 N–H and O–H groups in total. The lowest BCUT2D eigenvalue weighted by Crippen LogP contribution is -2.24. The van der Waals surface area contributed by atoms with Crippen molar-refractivity contribution in [1.82, 2.24) is 0 Å². The molecule has 2 aromatic carbocycles. The summed E-state index contributed by atoms with van der Waals surface area (Å²) in [7, 11) is 1.31. The molecule has 0 aromatic heterocycles. The summed E-state index contributed by atoms with van der Waals surface area (Å²) < 4.78 is 9.88. The fourth-order valence-electron chi connectivity index (χ4n) is 3.17. The Labute approximate surface area is 169 Å². The second-order valence-electron chi connectivity index (χ2n) is 6.33. The van der Waals surface area contributed by atoms with Gasteiger partial charge in [-0.3, -0.25) is 9.69 Å². The summed E-state index contributed by atoms with van der Waals surface area (Å²) in [6.07, 6.45) is 1.63. The molecule has 0 saturated carbocycles. The molecule has 0 radical (unpaired) electrons. The quantitative estimate of drug-likeness (QED) is 0.573. The van der Waals surface area contributed by atoms with Crippen LogP contribution in [-0.2, 0) is 19.1 Å². The molecule has 0 fully saturated rings. The highest BCUT2D eigenvalue weighted by Crippen LogP contribution is 2.35. The molecule has 0 spiro atoms. The largest absolute Gasteiger partial charge is 0.465 e. The Balaban J connectivity index is 2.06. The molecule has 148 valence electrons. The smallest absolute Gasteiger partial charge is 0.340 e. The first kappa shape index (κ1) is 20.1. The van der Waals surface area contributed by atoms with Crippen molar-refractivity contribution in [3.05, 3.63) is 82.6 Å². The average Bonchev–Trinajstić information content (AvgIpc) is 2.98. The number of carbonyl (C=O) groups excluding carboxylic acids is 3. The van der Waals surface area contributed by atoms with Crippen LogP contribution in [-0.4, -0.2) is 31.6 Å². The summed E-state index contributed by atoms with van der Waals surface area (Å²) in [4.78, 5) is 38.9. The van der Waals surface area contributed by atoms with E-state index in [0.717, 1.165) is 0 Å². The zero-order valence-corrected chi connectivity index (χ0v) is 16.5. The summed E-state index contributed by atoms with van der Waals surface area (Å²) in [5, 5.41) is 0. The van der Waals surface area contributed by atoms with E-state index in [4.69, 9.17) is 9.47 Å². The van der Waals surface area contributed by atoms with Gasteiger partial charge >= 0.3 is 11.9 Å². The van der Waals surface area contributed by atoms with Gasteiger partial charge in [-0.15, -0.1) is 0 Å². The number of para-hydroxylation sites is 1. The van der Waals surface area contributed by atoms with E-state index in [0.29, 0.717) is 22.5 Å². The lowest BCUT2D eigenvalue weighted by atomic mass is 10.0. The Kier molecular flexibility index (Phi) is 5.93. The number of nitrogens with zero attached hydrogens (tertiary/aromatic N) is 1. The Bertz CT molecular complexity index is 1000. The van der Waals surface area contributed by atoms with Crippen molar-refractivity contribution in [3.8, 4) is 0 Å². The molecular formula is C23H21NO5. The van der Waals surface area contributed by atoms with Crippen LogP contribution in [0.3, 0.4) is 0 Å². The van der Waals surface area contributed by atoms with E-state index >= 15 is 0 Å². The number of carbonyl (C=O) groups is 3. The minimum atomic E-state index is -0.547. The van der Waals surface area contributed by atoms with Gasteiger partial charge in [0, 0.05) is 11.4 Å². The molecular weight excluding hydrogens is 370 g/mol. The third-order valence-electron chi connectivity index (χ3n) is 4.54. The number of ether oxygens (including phenoxy) is 2. The summed E-state index contributed by atoms with van der Waals surface area (Å²) in [6.45, 7) is 3.64. The van der Waals surface area contributed by atoms with Gasteiger partial charge < -0.3 is 9.47 Å². The van der Waals surface area contributed by atoms with E-state index in [1.165, 1.54) is 12.0 Å². The van der Waals surface area contributed by atoms with Crippen LogP contribution in [0.4, 0.5) is 5.69 Å². The highest BCUT2D eigenvalue weighted by Gasteiger charge is 2.37. The molecule has 6 nitrogen and oxygen atoms in total. The molecule has 6 heteroatoms. The van der Waals surface area contributed by atoms with Crippen LogP contribution in [0.25, 0.3) is 6.08 Å². The van der Waals surface area contributed by atoms with Gasteiger partial charge in [-0.25, -0.2) is 9.59 Å². The lowest BCUT2D eigenvalue weighted by molar-refractivity contribution is -0.138. The SMILES string of the molecule is CCOC(=O)C1=C(C)N(c2ccccc2)C(=O)C1=Cc1ccc(C(=O)OC)cc1. The van der Waals surface area contributed by atoms with Gasteiger partial charge in [0.1, 0.15) is 0 Å². The number of rotatable bonds is 5. The van der Waals surface area contributed by atoms with Crippen LogP contribution in [0, 0.1) is 0 Å². The van der Waals surface area contributed by atoms with Gasteiger partial charge in [-0.2, -0.15) is 0 Å². The van der Waals surface area contributed by atoms with Gasteiger partial charge in [-0.1, -0.05) is 30.3 Å². The van der Waals surface area contributed by atoms with Crippen molar-refractivity contribution in [2.75, 3.05) is 18.6 Å². The number of amides is 1. The molecule has 0 unspecified atom stereocenters. The van der Waals surface area contributed by atoms with E-state index in [-0.39, 0.29) is 23.7 Å². The third kappa shape index (κ3) is 3.96. The predicted octanol–water partition coefficient (Wildman–Crippen LogP) is 3.74. The van der Waals surface area contributed by atoms with E-state index in [9.17, 15) is 14.4 Å². The molecule has 0 bridgehead atoms. The first-order chi connectivity index (χ1) is 14.0. The maximum atomic E-state index is 13.2. The zero-order chi connectivity index (χ0) is 21.0. The van der Waals surface area contributed by atoms with E-state index in [1.807, 2.05) is 18.2 Å². The minimum absolute atomic E-state index is 0.205. The number of esters is 2. The standard InChI is InChI=1S/C23H21NO5/c1-4-29-23(27)20-15(2)24(18-8-6-5-7-9-18)21(25)19(20)14-16-10-12-17(13-11-16)22(26)28-3/h5-14H,4H2,1-3H3. The van der Waals surface area contributed by atoms with Gasteiger partial charge in [0.15, 0.2) is 0 Å². The van der Waals surface area contributed by atoms with Crippen LogP contribution < -0.4 is 4.90 Å². The fraction of sp³-hybridized carbons (Fsp3) is 0.174. The molecule has 2 aromatic rings. The normalized spacial score (nSPS) is 15.1. The number of allylic oxidation sites excluding steroid dienone is 1. The molecule has 1 amide bonds. The van der Waals surface area contributed by atoms with Gasteiger partial charge in [-0.05, 0) is 49.8 Å². The monoisotopic (exact) mass is 391 g/mol. The van der Waals surface area contributed by atoms with Crippen molar-refractivity contribution >= 4 is 29.6 Å². The Morgan fingerprint density at radius 2 is 1.66 bits per heavy atom. The summed E-state index contributed by atoms with van der Waals surface area (Å²) in [5.74, 6) is -1.30. The van der Waals surface area contributed by atoms with Gasteiger partial charge in [0.2, 0.25) is 0 Å². The second kappa shape index (κ2) is 8.56. The number of hydrogen-bond acceptors (Lipinski definition) is 5. The number of hydrogen-bond donors (Lipinski definition) is 0. The van der Waals surface area contributed by atoms with E-state index in [1.54, 1.807) is 56.3 Å². The first-order valence-electron chi connectivity index (χ1n) is 9.15. The van der Waals surface area contributed by atoms with Crippen LogP contribution in [0.5, 0.6) is 0 Å². The van der Waals surface area contributed by atoms with Crippen LogP contribution in [0.1, 0.15) is 29.8 Å². The first-order valence-corrected chi connectivity index (χ1v) is 9.15. The Morgan fingerprint density at radius 1 is 1.00 bits per heavy atom. The highest BCUT2D eigenvalue weighted by molar-refractivity contribution is 6.23. The number of benzene rings is 2. The fourth-order valence-corrected chi connectivity index (χ4v) is 3.17. The van der Waals surface area contributed by atoms with Crippen LogP contribution in [0.2, 0.25) is 0 Å². The van der Waals surface area contributed by atoms with Crippen molar-refractivity contribution in [3.63, 3.8) is 0 Å². The molecule has 1 aliphatic heterocycles. The predicted molar refractivity (Wildman–Crippen MR) is 109 cm³/mol. The van der Waals surface area contributed by atoms with Crippen molar-refractivity contribution in [2.24, 2.45) is 0 Å². The van der Waals surface area contributed by atoms with Crippen LogP contribution >= 0.6 is 0 Å². The molecule has 29 heavy (non-hydrogen) atoms. The van der Waals surface area contributed by atoms with Gasteiger partial charge in [0.25, 0.3) is 5.91 Å². The van der Waals surface area contributed by atoms with Gasteiger partial charge in [0.05, 0.1) is 30.4 Å². The zero-order valence-electron chi connectivity index (χ0n) is 16.5. The average molecular weight is 391 g/mol. The molecule has 1 heterocycles. The molecule has 0 atom stereocenters. The maximum absolute atomic E-state index is 13.2. The second-order valence-corrected chi connectivity index (χ2v) is 6.33. The third-order valence-corrected chi connectivity index (χ3v) is 4.54. The molecule has 3 rings (SSSR count). The number of methoxy groups -OCH3 is 1. The lowest BCUT2D eigenvalue weighted by Gasteiger charge is -2.17. The van der Waals surface area contributed by atoms with E-state index < -0.39 is 11.9 Å². The van der Waals surface area contributed by atoms with Crippen molar-refractivity contribution in [1.29, 1.82) is 0 Å². The molecule has 0 saturated heterocycles. The van der Waals surface area contributed by atoms with E-state index in [2.05, 4.69) is 0 Å². The van der Waals surface area contributed by atoms with Crippen LogP contribution in [0.15, 0.2) is 71.4 Å². The van der Waals surface area contributed by atoms with Crippen molar-refractivity contribution < 1.29 is 23.9 Å². The maximum Gasteiger partial charge on any atom is 0.340 e. The minimum Gasteiger partial charge on any atom is -0.465 e. The summed E-state index contributed by atoms with van der Waals surface area (Å²) >= 11 is 0.